The Morgan fingerprint density at radius 3 is 2.35 bits per heavy atom. The molecule has 1 amide bonds. The van der Waals surface area contributed by atoms with E-state index in [1.165, 1.54) is 0 Å². The third kappa shape index (κ3) is 3.92. The minimum Gasteiger partial charge on any atom is -0.309 e. The Hall–Kier alpha value is -1.16. The maximum absolute atomic E-state index is 12.2. The zero-order chi connectivity index (χ0) is 14.8. The van der Waals surface area contributed by atoms with Gasteiger partial charge in [-0.25, -0.2) is 0 Å². The molecule has 1 saturated carbocycles. The standard InChI is InChI=1S/C15H22ClN3O/c1-15(2,3)11-6-4-10(5-7-11)14(20)17-13-9-8-12(16)18-19-13/h8-11H,4-7H2,1-3H3,(H,17,19,20). The molecule has 0 spiro atoms. The van der Waals surface area contributed by atoms with Gasteiger partial charge < -0.3 is 5.32 Å². The lowest BCUT2D eigenvalue weighted by Crippen LogP contribution is -2.31. The molecule has 1 aliphatic rings. The smallest absolute Gasteiger partial charge is 0.228 e. The first-order chi connectivity index (χ1) is 9.36. The van der Waals surface area contributed by atoms with Gasteiger partial charge in [0.1, 0.15) is 0 Å². The predicted molar refractivity (Wildman–Crippen MR) is 80.6 cm³/mol. The summed E-state index contributed by atoms with van der Waals surface area (Å²) < 4.78 is 0. The maximum atomic E-state index is 12.2. The number of carbonyl (C=O) groups is 1. The Balaban J connectivity index is 1.87. The molecule has 0 aliphatic heterocycles. The van der Waals surface area contributed by atoms with Crippen LogP contribution in [-0.2, 0) is 4.79 Å². The fourth-order valence-electron chi connectivity index (χ4n) is 2.83. The number of rotatable bonds is 2. The Bertz CT molecular complexity index is 459. The van der Waals surface area contributed by atoms with Crippen molar-refractivity contribution in [3.63, 3.8) is 0 Å². The summed E-state index contributed by atoms with van der Waals surface area (Å²) >= 11 is 5.67. The van der Waals surface area contributed by atoms with E-state index >= 15 is 0 Å². The highest BCUT2D eigenvalue weighted by Gasteiger charge is 2.32. The highest BCUT2D eigenvalue weighted by atomic mass is 35.5. The minimum absolute atomic E-state index is 0.0500. The lowest BCUT2D eigenvalue weighted by molar-refractivity contribution is -0.121. The number of hydrogen-bond donors (Lipinski definition) is 1. The van der Waals surface area contributed by atoms with Crippen molar-refractivity contribution >= 4 is 23.3 Å². The molecule has 4 nitrogen and oxygen atoms in total. The molecule has 20 heavy (non-hydrogen) atoms. The van der Waals surface area contributed by atoms with Crippen LogP contribution in [0, 0.1) is 17.3 Å². The summed E-state index contributed by atoms with van der Waals surface area (Å²) in [6, 6.07) is 3.30. The molecule has 1 N–H and O–H groups in total. The molecule has 1 heterocycles. The first kappa shape index (κ1) is 15.2. The van der Waals surface area contributed by atoms with Crippen LogP contribution in [0.4, 0.5) is 5.82 Å². The Morgan fingerprint density at radius 2 is 1.85 bits per heavy atom. The molecule has 110 valence electrons. The summed E-state index contributed by atoms with van der Waals surface area (Å²) in [4.78, 5) is 12.2. The monoisotopic (exact) mass is 295 g/mol. The van der Waals surface area contributed by atoms with Gasteiger partial charge in [-0.1, -0.05) is 32.4 Å². The van der Waals surface area contributed by atoms with Crippen LogP contribution in [0.3, 0.4) is 0 Å². The summed E-state index contributed by atoms with van der Waals surface area (Å²) in [6.45, 7) is 6.84. The second-order valence-electron chi connectivity index (χ2n) is 6.65. The van der Waals surface area contributed by atoms with Gasteiger partial charge in [0, 0.05) is 5.92 Å². The van der Waals surface area contributed by atoms with Crippen molar-refractivity contribution in [2.75, 3.05) is 5.32 Å². The molecule has 0 radical (unpaired) electrons. The molecule has 1 fully saturated rings. The highest BCUT2D eigenvalue weighted by Crippen LogP contribution is 2.39. The van der Waals surface area contributed by atoms with E-state index in [1.807, 2.05) is 0 Å². The average molecular weight is 296 g/mol. The molecule has 1 aromatic rings. The van der Waals surface area contributed by atoms with Gasteiger partial charge in [0.15, 0.2) is 11.0 Å². The molecule has 5 heteroatoms. The van der Waals surface area contributed by atoms with Gasteiger partial charge in [0.05, 0.1) is 0 Å². The third-order valence-corrected chi connectivity index (χ3v) is 4.41. The Kier molecular flexibility index (Phi) is 4.63. The average Bonchev–Trinajstić information content (AvgIpc) is 2.40. The number of aromatic nitrogens is 2. The van der Waals surface area contributed by atoms with Crippen LogP contribution in [0.15, 0.2) is 12.1 Å². The predicted octanol–water partition coefficient (Wildman–Crippen LogP) is 3.92. The molecule has 0 bridgehead atoms. The molecule has 0 aromatic carbocycles. The van der Waals surface area contributed by atoms with Gasteiger partial charge in [-0.2, -0.15) is 0 Å². The molecule has 2 rings (SSSR count). The largest absolute Gasteiger partial charge is 0.309 e. The second-order valence-corrected chi connectivity index (χ2v) is 7.03. The zero-order valence-electron chi connectivity index (χ0n) is 12.3. The number of carbonyl (C=O) groups excluding carboxylic acids is 1. The quantitative estimate of drug-likeness (QED) is 0.899. The molecule has 1 aliphatic carbocycles. The van der Waals surface area contributed by atoms with Crippen LogP contribution in [0.1, 0.15) is 46.5 Å². The van der Waals surface area contributed by atoms with Crippen molar-refractivity contribution in [3.8, 4) is 0 Å². The van der Waals surface area contributed by atoms with Crippen LogP contribution in [0.25, 0.3) is 0 Å². The molecule has 0 atom stereocenters. The molecular formula is C15H22ClN3O. The fraction of sp³-hybridized carbons (Fsp3) is 0.667. The van der Waals surface area contributed by atoms with Crippen molar-refractivity contribution in [1.82, 2.24) is 10.2 Å². The van der Waals surface area contributed by atoms with E-state index in [0.29, 0.717) is 22.3 Å². The van der Waals surface area contributed by atoms with Gasteiger partial charge in [0.25, 0.3) is 0 Å². The van der Waals surface area contributed by atoms with Gasteiger partial charge in [-0.05, 0) is 49.1 Å². The van der Waals surface area contributed by atoms with E-state index < -0.39 is 0 Å². The SMILES string of the molecule is CC(C)(C)C1CCC(C(=O)Nc2ccc(Cl)nn2)CC1. The number of anilines is 1. The van der Waals surface area contributed by atoms with Gasteiger partial charge in [-0.15, -0.1) is 10.2 Å². The van der Waals surface area contributed by atoms with Crippen molar-refractivity contribution in [2.24, 2.45) is 17.3 Å². The Labute approximate surface area is 125 Å². The van der Waals surface area contributed by atoms with E-state index in [4.69, 9.17) is 11.6 Å². The minimum atomic E-state index is 0.0500. The lowest BCUT2D eigenvalue weighted by atomic mass is 9.70. The van der Waals surface area contributed by atoms with Gasteiger partial charge in [-0.3, -0.25) is 4.79 Å². The van der Waals surface area contributed by atoms with Crippen molar-refractivity contribution in [3.05, 3.63) is 17.3 Å². The van der Waals surface area contributed by atoms with E-state index in [1.54, 1.807) is 12.1 Å². The first-order valence-electron chi connectivity index (χ1n) is 7.16. The number of nitrogens with one attached hydrogen (secondary N) is 1. The Morgan fingerprint density at radius 1 is 1.20 bits per heavy atom. The second kappa shape index (κ2) is 6.08. The number of amides is 1. The first-order valence-corrected chi connectivity index (χ1v) is 7.54. The maximum Gasteiger partial charge on any atom is 0.228 e. The number of nitrogens with zero attached hydrogens (tertiary/aromatic N) is 2. The van der Waals surface area contributed by atoms with E-state index in [-0.39, 0.29) is 11.8 Å². The van der Waals surface area contributed by atoms with Crippen LogP contribution in [0.2, 0.25) is 5.15 Å². The summed E-state index contributed by atoms with van der Waals surface area (Å²) in [5.41, 5.74) is 0.336. The van der Waals surface area contributed by atoms with E-state index in [0.717, 1.165) is 25.7 Å². The van der Waals surface area contributed by atoms with Crippen molar-refractivity contribution < 1.29 is 4.79 Å². The molecule has 0 saturated heterocycles. The molecule has 0 unspecified atom stereocenters. The zero-order valence-corrected chi connectivity index (χ0v) is 13.1. The van der Waals surface area contributed by atoms with Crippen molar-refractivity contribution in [2.45, 2.75) is 46.5 Å². The van der Waals surface area contributed by atoms with E-state index in [2.05, 4.69) is 36.3 Å². The topological polar surface area (TPSA) is 54.9 Å². The van der Waals surface area contributed by atoms with E-state index in [9.17, 15) is 4.79 Å². The van der Waals surface area contributed by atoms with Crippen LogP contribution in [0.5, 0.6) is 0 Å². The summed E-state index contributed by atoms with van der Waals surface area (Å²) in [5, 5.41) is 10.7. The third-order valence-electron chi connectivity index (χ3n) is 4.21. The number of halogens is 1. The number of hydrogen-bond acceptors (Lipinski definition) is 3. The lowest BCUT2D eigenvalue weighted by Gasteiger charge is -2.36. The normalized spacial score (nSPS) is 23.4. The fourth-order valence-corrected chi connectivity index (χ4v) is 2.93. The molecule has 1 aromatic heterocycles. The van der Waals surface area contributed by atoms with Gasteiger partial charge >= 0.3 is 0 Å². The summed E-state index contributed by atoms with van der Waals surface area (Å²) in [7, 11) is 0. The summed E-state index contributed by atoms with van der Waals surface area (Å²) in [6.07, 6.45) is 4.14. The van der Waals surface area contributed by atoms with Crippen LogP contribution in [-0.4, -0.2) is 16.1 Å². The van der Waals surface area contributed by atoms with Crippen LogP contribution >= 0.6 is 11.6 Å². The van der Waals surface area contributed by atoms with Gasteiger partial charge in [0.2, 0.25) is 5.91 Å². The van der Waals surface area contributed by atoms with Crippen molar-refractivity contribution in [1.29, 1.82) is 0 Å². The van der Waals surface area contributed by atoms with Crippen LogP contribution < -0.4 is 5.32 Å². The highest BCUT2D eigenvalue weighted by molar-refractivity contribution is 6.29. The summed E-state index contributed by atoms with van der Waals surface area (Å²) in [5.74, 6) is 1.32. The molecular weight excluding hydrogens is 274 g/mol.